The third-order valence-corrected chi connectivity index (χ3v) is 4.94. The highest BCUT2D eigenvalue weighted by molar-refractivity contribution is 9.10. The maximum atomic E-state index is 13.4. The molecule has 21 heavy (non-hydrogen) atoms. The van der Waals surface area contributed by atoms with E-state index < -0.39 is 0 Å². The first kappa shape index (κ1) is 16.9. The molecule has 0 radical (unpaired) electrons. The van der Waals surface area contributed by atoms with Crippen molar-refractivity contribution in [2.24, 2.45) is 5.41 Å². The zero-order chi connectivity index (χ0) is 15.3. The van der Waals surface area contributed by atoms with E-state index in [-0.39, 0.29) is 17.3 Å². The molecule has 1 saturated heterocycles. The van der Waals surface area contributed by atoms with Crippen molar-refractivity contribution in [2.45, 2.75) is 25.9 Å². The molecule has 1 fully saturated rings. The lowest BCUT2D eigenvalue weighted by atomic mass is 9.76. The number of hydrogen-bond donors (Lipinski definition) is 1. The van der Waals surface area contributed by atoms with E-state index >= 15 is 0 Å². The van der Waals surface area contributed by atoms with E-state index in [2.05, 4.69) is 28.2 Å². The second-order valence-electron chi connectivity index (χ2n) is 5.72. The summed E-state index contributed by atoms with van der Waals surface area (Å²) < 4.78 is 24.8. The molecule has 1 aliphatic rings. The molecule has 1 N–H and O–H groups in total. The Bertz CT molecular complexity index is 472. The number of rotatable bonds is 7. The second kappa shape index (κ2) is 7.68. The van der Waals surface area contributed by atoms with Crippen LogP contribution < -0.4 is 5.32 Å². The molecule has 0 aromatic heterocycles. The van der Waals surface area contributed by atoms with E-state index in [9.17, 15) is 4.39 Å². The van der Waals surface area contributed by atoms with E-state index in [4.69, 9.17) is 9.47 Å². The minimum Gasteiger partial charge on any atom is -0.383 e. The summed E-state index contributed by atoms with van der Waals surface area (Å²) in [4.78, 5) is 0. The Kier molecular flexibility index (Phi) is 6.17. The fourth-order valence-electron chi connectivity index (χ4n) is 2.91. The smallest absolute Gasteiger partial charge is 0.137 e. The van der Waals surface area contributed by atoms with Gasteiger partial charge < -0.3 is 14.8 Å². The molecule has 0 bridgehead atoms. The quantitative estimate of drug-likeness (QED) is 0.758. The normalized spacial score (nSPS) is 25.4. The Hall–Kier alpha value is -0.490. The average Bonchev–Trinajstić information content (AvgIpc) is 2.81. The maximum absolute atomic E-state index is 13.4. The Morgan fingerprint density at radius 1 is 1.52 bits per heavy atom. The molecule has 2 rings (SSSR count). The Labute approximate surface area is 134 Å². The van der Waals surface area contributed by atoms with Gasteiger partial charge in [0.25, 0.3) is 0 Å². The van der Waals surface area contributed by atoms with Crippen molar-refractivity contribution in [3.8, 4) is 0 Å². The zero-order valence-electron chi connectivity index (χ0n) is 12.6. The molecule has 0 spiro atoms. The molecule has 118 valence electrons. The highest BCUT2D eigenvalue weighted by atomic mass is 79.9. The molecule has 0 aliphatic carbocycles. The van der Waals surface area contributed by atoms with Gasteiger partial charge in [-0.3, -0.25) is 0 Å². The summed E-state index contributed by atoms with van der Waals surface area (Å²) in [5, 5.41) is 3.45. The SMILES string of the molecule is COCCNCC1(Cc2ccc(F)c(Br)c2)CCOC1C. The van der Waals surface area contributed by atoms with Crippen LogP contribution in [0, 0.1) is 11.2 Å². The summed E-state index contributed by atoms with van der Waals surface area (Å²) in [7, 11) is 1.70. The van der Waals surface area contributed by atoms with Gasteiger partial charge in [-0.15, -0.1) is 0 Å². The summed E-state index contributed by atoms with van der Waals surface area (Å²) in [5.74, 6) is -0.221. The Morgan fingerprint density at radius 3 is 2.95 bits per heavy atom. The number of methoxy groups -OCH3 is 1. The topological polar surface area (TPSA) is 30.5 Å². The van der Waals surface area contributed by atoms with Gasteiger partial charge >= 0.3 is 0 Å². The van der Waals surface area contributed by atoms with E-state index in [0.717, 1.165) is 38.1 Å². The highest BCUT2D eigenvalue weighted by Crippen LogP contribution is 2.38. The molecule has 1 heterocycles. The van der Waals surface area contributed by atoms with Crippen LogP contribution in [0.5, 0.6) is 0 Å². The molecule has 5 heteroatoms. The van der Waals surface area contributed by atoms with E-state index in [0.29, 0.717) is 11.1 Å². The standard InChI is InChI=1S/C16H23BrFNO2/c1-12-16(5-7-21-12,11-19-6-8-20-2)10-13-3-4-15(18)14(17)9-13/h3-4,9,12,19H,5-8,10-11H2,1-2H3. The first-order valence-corrected chi connectivity index (χ1v) is 8.12. The third-order valence-electron chi connectivity index (χ3n) is 4.33. The molecule has 2 unspecified atom stereocenters. The molecule has 3 nitrogen and oxygen atoms in total. The van der Waals surface area contributed by atoms with Crippen LogP contribution in [0.3, 0.4) is 0 Å². The van der Waals surface area contributed by atoms with Gasteiger partial charge in [-0.2, -0.15) is 0 Å². The number of nitrogens with one attached hydrogen (secondary N) is 1. The molecule has 1 aliphatic heterocycles. The van der Waals surface area contributed by atoms with Crippen molar-refractivity contribution in [1.29, 1.82) is 0 Å². The minimum absolute atomic E-state index is 0.0605. The van der Waals surface area contributed by atoms with Gasteiger partial charge in [0.2, 0.25) is 0 Å². The molecular formula is C16H23BrFNO2. The lowest BCUT2D eigenvalue weighted by molar-refractivity contribution is 0.0619. The number of benzene rings is 1. The van der Waals surface area contributed by atoms with Crippen LogP contribution in [-0.2, 0) is 15.9 Å². The molecule has 2 atom stereocenters. The van der Waals surface area contributed by atoms with E-state index in [1.807, 2.05) is 12.1 Å². The number of halogens is 2. The van der Waals surface area contributed by atoms with Crippen LogP contribution in [0.25, 0.3) is 0 Å². The van der Waals surface area contributed by atoms with Crippen molar-refractivity contribution in [2.75, 3.05) is 33.4 Å². The summed E-state index contributed by atoms with van der Waals surface area (Å²) >= 11 is 3.26. The number of hydrogen-bond acceptors (Lipinski definition) is 3. The molecule has 0 amide bonds. The predicted octanol–water partition coefficient (Wildman–Crippen LogP) is 3.16. The Balaban J connectivity index is 2.07. The second-order valence-corrected chi connectivity index (χ2v) is 6.57. The predicted molar refractivity (Wildman–Crippen MR) is 85.0 cm³/mol. The van der Waals surface area contributed by atoms with Crippen LogP contribution in [0.4, 0.5) is 4.39 Å². The van der Waals surface area contributed by atoms with Gasteiger partial charge in [-0.25, -0.2) is 4.39 Å². The lowest BCUT2D eigenvalue weighted by Gasteiger charge is -2.33. The van der Waals surface area contributed by atoms with Gasteiger partial charge in [0.1, 0.15) is 5.82 Å². The van der Waals surface area contributed by atoms with Gasteiger partial charge in [-0.1, -0.05) is 6.07 Å². The van der Waals surface area contributed by atoms with Crippen LogP contribution in [0.15, 0.2) is 22.7 Å². The van der Waals surface area contributed by atoms with Crippen molar-refractivity contribution in [1.82, 2.24) is 5.32 Å². The number of ether oxygens (including phenoxy) is 2. The van der Waals surface area contributed by atoms with Crippen molar-refractivity contribution in [3.63, 3.8) is 0 Å². The van der Waals surface area contributed by atoms with Crippen LogP contribution >= 0.6 is 15.9 Å². The Morgan fingerprint density at radius 2 is 2.33 bits per heavy atom. The first-order valence-electron chi connectivity index (χ1n) is 7.32. The van der Waals surface area contributed by atoms with Gasteiger partial charge in [-0.05, 0) is 53.4 Å². The van der Waals surface area contributed by atoms with Crippen LogP contribution in [0.2, 0.25) is 0 Å². The van der Waals surface area contributed by atoms with Gasteiger partial charge in [0.05, 0.1) is 17.2 Å². The third kappa shape index (κ3) is 4.25. The van der Waals surface area contributed by atoms with Gasteiger partial charge in [0.15, 0.2) is 0 Å². The molecule has 0 saturated carbocycles. The van der Waals surface area contributed by atoms with Gasteiger partial charge in [0, 0.05) is 32.2 Å². The summed E-state index contributed by atoms with van der Waals surface area (Å²) in [6, 6.07) is 5.26. The van der Waals surface area contributed by atoms with E-state index in [1.165, 1.54) is 6.07 Å². The summed E-state index contributed by atoms with van der Waals surface area (Å²) in [6.07, 6.45) is 2.09. The largest absolute Gasteiger partial charge is 0.383 e. The van der Waals surface area contributed by atoms with Crippen molar-refractivity contribution >= 4 is 15.9 Å². The maximum Gasteiger partial charge on any atom is 0.137 e. The van der Waals surface area contributed by atoms with Crippen LogP contribution in [0.1, 0.15) is 18.9 Å². The van der Waals surface area contributed by atoms with Crippen molar-refractivity contribution in [3.05, 3.63) is 34.1 Å². The fourth-order valence-corrected chi connectivity index (χ4v) is 3.34. The first-order chi connectivity index (χ1) is 10.1. The molecule has 1 aromatic carbocycles. The van der Waals surface area contributed by atoms with Crippen LogP contribution in [-0.4, -0.2) is 39.5 Å². The average molecular weight is 360 g/mol. The lowest BCUT2D eigenvalue weighted by Crippen LogP contribution is -2.42. The molecular weight excluding hydrogens is 337 g/mol. The summed E-state index contributed by atoms with van der Waals surface area (Å²) in [5.41, 5.74) is 1.19. The molecule has 1 aromatic rings. The van der Waals surface area contributed by atoms with Crippen molar-refractivity contribution < 1.29 is 13.9 Å². The summed E-state index contributed by atoms with van der Waals surface area (Å²) in [6.45, 7) is 5.33. The highest BCUT2D eigenvalue weighted by Gasteiger charge is 2.41. The zero-order valence-corrected chi connectivity index (χ0v) is 14.2. The fraction of sp³-hybridized carbons (Fsp3) is 0.625. The minimum atomic E-state index is -0.221. The van der Waals surface area contributed by atoms with E-state index in [1.54, 1.807) is 7.11 Å². The monoisotopic (exact) mass is 359 g/mol.